The molecule has 9 heteroatoms. The molecule has 7 nitrogen and oxygen atoms in total. The lowest BCUT2D eigenvalue weighted by molar-refractivity contribution is -0.115. The van der Waals surface area contributed by atoms with Gasteiger partial charge in [0.25, 0.3) is 0 Å². The minimum atomic E-state index is -3.89. The largest absolute Gasteiger partial charge is 0.380 e. The number of hydrogen-bond acceptors (Lipinski definition) is 6. The lowest BCUT2D eigenvalue weighted by atomic mass is 10.3. The predicted molar refractivity (Wildman–Crippen MR) is 69.9 cm³/mol. The summed E-state index contributed by atoms with van der Waals surface area (Å²) < 4.78 is 50.6. The van der Waals surface area contributed by atoms with Gasteiger partial charge in [-0.05, 0) is 12.1 Å². The first kappa shape index (κ1) is 15.4. The van der Waals surface area contributed by atoms with Crippen LogP contribution in [0.3, 0.4) is 0 Å². The van der Waals surface area contributed by atoms with Crippen molar-refractivity contribution < 1.29 is 25.8 Å². The first-order valence-corrected chi connectivity index (χ1v) is 8.68. The molecule has 0 saturated carbocycles. The summed E-state index contributed by atoms with van der Waals surface area (Å²) in [6.45, 7) is 1.05. The van der Waals surface area contributed by atoms with E-state index in [9.17, 15) is 21.6 Å². The summed E-state index contributed by atoms with van der Waals surface area (Å²) in [4.78, 5) is 11.5. The van der Waals surface area contributed by atoms with Crippen LogP contribution in [0.5, 0.6) is 5.75 Å². The molecule has 0 fully saturated rings. The van der Waals surface area contributed by atoms with Gasteiger partial charge in [0.1, 0.15) is 5.69 Å². The predicted octanol–water partition coefficient (Wildman–Crippen LogP) is 0.338. The molecular formula is C10H13NO6S2. The van der Waals surface area contributed by atoms with E-state index in [1.807, 2.05) is 0 Å². The van der Waals surface area contributed by atoms with Gasteiger partial charge in [-0.15, -0.1) is 0 Å². The monoisotopic (exact) mass is 307 g/mol. The zero-order valence-corrected chi connectivity index (χ0v) is 12.2. The molecule has 0 aliphatic rings. The summed E-state index contributed by atoms with van der Waals surface area (Å²) in [5, 5.41) is 0. The van der Waals surface area contributed by atoms with E-state index in [-0.39, 0.29) is 11.4 Å². The van der Waals surface area contributed by atoms with Crippen LogP contribution >= 0.6 is 0 Å². The Hall–Kier alpha value is -1.61. The van der Waals surface area contributed by atoms with Gasteiger partial charge in [-0.2, -0.15) is 8.42 Å². The zero-order chi connectivity index (χ0) is 14.8. The van der Waals surface area contributed by atoms with Gasteiger partial charge in [-0.25, -0.2) is 12.7 Å². The fourth-order valence-corrected chi connectivity index (χ4v) is 2.88. The summed E-state index contributed by atoms with van der Waals surface area (Å²) in [6, 6.07) is 5.47. The summed E-state index contributed by atoms with van der Waals surface area (Å²) in [5.74, 6) is -1.00. The second-order valence-electron chi connectivity index (χ2n) is 3.80. The quantitative estimate of drug-likeness (QED) is 0.744. The van der Waals surface area contributed by atoms with Crippen LogP contribution in [0.1, 0.15) is 6.92 Å². The number of amides is 1. The number of sulfonamides is 1. The van der Waals surface area contributed by atoms with Gasteiger partial charge < -0.3 is 4.18 Å². The van der Waals surface area contributed by atoms with E-state index in [1.54, 1.807) is 0 Å². The summed E-state index contributed by atoms with van der Waals surface area (Å²) >= 11 is 0. The smallest absolute Gasteiger partial charge is 0.306 e. The third kappa shape index (κ3) is 4.21. The number of anilines is 1. The van der Waals surface area contributed by atoms with Crippen LogP contribution in [0, 0.1) is 0 Å². The van der Waals surface area contributed by atoms with Crippen molar-refractivity contribution >= 4 is 31.7 Å². The standard InChI is InChI=1S/C10H13NO6S2/c1-8(12)11(18(2,13)14)9-6-4-5-7-10(9)17-19(3,15)16/h4-7H,1-3H3. The second kappa shape index (κ2) is 5.17. The molecule has 0 aliphatic carbocycles. The molecule has 0 saturated heterocycles. The Morgan fingerprint density at radius 2 is 1.63 bits per heavy atom. The van der Waals surface area contributed by atoms with E-state index in [4.69, 9.17) is 0 Å². The van der Waals surface area contributed by atoms with Crippen LogP contribution in [0.4, 0.5) is 5.69 Å². The summed E-state index contributed by atoms with van der Waals surface area (Å²) in [7, 11) is -7.72. The SMILES string of the molecule is CC(=O)N(c1ccccc1OS(C)(=O)=O)S(C)(=O)=O. The Bertz CT molecular complexity index is 692. The Morgan fingerprint density at radius 3 is 2.05 bits per heavy atom. The third-order valence-corrected chi connectivity index (χ3v) is 3.54. The van der Waals surface area contributed by atoms with E-state index in [0.717, 1.165) is 19.4 Å². The molecule has 106 valence electrons. The van der Waals surface area contributed by atoms with E-state index >= 15 is 0 Å². The van der Waals surface area contributed by atoms with Gasteiger partial charge in [0.2, 0.25) is 15.9 Å². The molecule has 0 atom stereocenters. The molecular weight excluding hydrogens is 294 g/mol. The lowest BCUT2D eigenvalue weighted by Crippen LogP contribution is -2.34. The zero-order valence-electron chi connectivity index (χ0n) is 10.5. The van der Waals surface area contributed by atoms with Crippen LogP contribution in [0.2, 0.25) is 0 Å². The first-order chi connectivity index (χ1) is 8.52. The number of para-hydroxylation sites is 2. The van der Waals surface area contributed by atoms with Crippen LogP contribution < -0.4 is 8.49 Å². The van der Waals surface area contributed by atoms with Gasteiger partial charge in [-0.1, -0.05) is 12.1 Å². The van der Waals surface area contributed by atoms with E-state index in [0.29, 0.717) is 4.31 Å². The maximum atomic E-state index is 11.6. The van der Waals surface area contributed by atoms with Gasteiger partial charge >= 0.3 is 10.1 Å². The molecule has 0 bridgehead atoms. The second-order valence-corrected chi connectivity index (χ2v) is 7.21. The average molecular weight is 307 g/mol. The van der Waals surface area contributed by atoms with Crippen molar-refractivity contribution in [2.45, 2.75) is 6.92 Å². The highest BCUT2D eigenvalue weighted by Gasteiger charge is 2.26. The van der Waals surface area contributed by atoms with Crippen molar-refractivity contribution in [1.82, 2.24) is 0 Å². The number of carbonyl (C=O) groups excluding carboxylic acids is 1. The Morgan fingerprint density at radius 1 is 1.11 bits per heavy atom. The van der Waals surface area contributed by atoms with Crippen molar-refractivity contribution in [3.63, 3.8) is 0 Å². The number of rotatable bonds is 4. The van der Waals surface area contributed by atoms with E-state index in [2.05, 4.69) is 4.18 Å². The highest BCUT2D eigenvalue weighted by atomic mass is 32.2. The van der Waals surface area contributed by atoms with Crippen LogP contribution in [0.15, 0.2) is 24.3 Å². The number of hydrogen-bond donors (Lipinski definition) is 0. The molecule has 19 heavy (non-hydrogen) atoms. The molecule has 0 heterocycles. The van der Waals surface area contributed by atoms with Crippen LogP contribution in [0.25, 0.3) is 0 Å². The highest BCUT2D eigenvalue weighted by Crippen LogP contribution is 2.30. The van der Waals surface area contributed by atoms with Crippen molar-refractivity contribution in [1.29, 1.82) is 0 Å². The van der Waals surface area contributed by atoms with Gasteiger partial charge in [0.05, 0.1) is 12.5 Å². The number of carbonyl (C=O) groups is 1. The summed E-state index contributed by atoms with van der Waals surface area (Å²) in [5.41, 5.74) is -0.150. The molecule has 0 aliphatic heterocycles. The first-order valence-electron chi connectivity index (χ1n) is 5.02. The Labute approximate surface area is 112 Å². The van der Waals surface area contributed by atoms with Crippen molar-refractivity contribution in [2.24, 2.45) is 0 Å². The van der Waals surface area contributed by atoms with Crippen molar-refractivity contribution in [3.05, 3.63) is 24.3 Å². The van der Waals surface area contributed by atoms with Gasteiger partial charge in [0, 0.05) is 6.92 Å². The Balaban J connectivity index is 3.45. The van der Waals surface area contributed by atoms with E-state index < -0.39 is 26.0 Å². The molecule has 0 N–H and O–H groups in total. The molecule has 0 radical (unpaired) electrons. The molecule has 1 rings (SSSR count). The number of nitrogens with zero attached hydrogens (tertiary/aromatic N) is 1. The van der Waals surface area contributed by atoms with Crippen molar-refractivity contribution in [2.75, 3.05) is 16.8 Å². The Kier molecular flexibility index (Phi) is 4.21. The molecule has 0 aromatic heterocycles. The molecule has 1 aromatic carbocycles. The lowest BCUT2D eigenvalue weighted by Gasteiger charge is -2.20. The van der Waals surface area contributed by atoms with Crippen LogP contribution in [-0.2, 0) is 24.9 Å². The summed E-state index contributed by atoms with van der Waals surface area (Å²) in [6.07, 6.45) is 1.66. The van der Waals surface area contributed by atoms with Gasteiger partial charge in [-0.3, -0.25) is 4.79 Å². The molecule has 0 spiro atoms. The number of benzene rings is 1. The van der Waals surface area contributed by atoms with Gasteiger partial charge in [0.15, 0.2) is 5.75 Å². The molecule has 1 amide bonds. The molecule has 1 aromatic rings. The highest BCUT2D eigenvalue weighted by molar-refractivity contribution is 7.92. The topological polar surface area (TPSA) is 97.8 Å². The fraction of sp³-hybridized carbons (Fsp3) is 0.300. The third-order valence-electron chi connectivity index (χ3n) is 1.94. The maximum Gasteiger partial charge on any atom is 0.306 e. The average Bonchev–Trinajstić information content (AvgIpc) is 2.15. The molecule has 0 unspecified atom stereocenters. The minimum absolute atomic E-state index is 0.150. The van der Waals surface area contributed by atoms with Crippen molar-refractivity contribution in [3.8, 4) is 5.75 Å². The van der Waals surface area contributed by atoms with Crippen LogP contribution in [-0.4, -0.2) is 35.3 Å². The minimum Gasteiger partial charge on any atom is -0.380 e. The normalized spacial score (nSPS) is 11.9. The fourth-order valence-electron chi connectivity index (χ4n) is 1.44. The maximum absolute atomic E-state index is 11.6. The van der Waals surface area contributed by atoms with E-state index in [1.165, 1.54) is 24.3 Å².